The average Bonchev–Trinajstić information content (AvgIpc) is 3.54. The fourth-order valence-electron chi connectivity index (χ4n) is 5.88. The molecule has 232 valence electrons. The normalized spacial score (nSPS) is 11.5. The van der Waals surface area contributed by atoms with Crippen molar-refractivity contribution >= 4 is 21.8 Å². The molecule has 7 rings (SSSR count). The Morgan fingerprint density at radius 3 is 2.28 bits per heavy atom. The molecule has 6 nitrogen and oxygen atoms in total. The summed E-state index contributed by atoms with van der Waals surface area (Å²) >= 11 is 0. The van der Waals surface area contributed by atoms with Crippen LogP contribution in [0.25, 0.3) is 44.4 Å². The zero-order chi connectivity index (χ0) is 31.3. The quantitative estimate of drug-likeness (QED) is 0.129. The van der Waals surface area contributed by atoms with E-state index in [0.717, 1.165) is 50.0 Å². The number of hydrogen-bond donors (Lipinski definition) is 0. The van der Waals surface area contributed by atoms with Crippen LogP contribution in [0, 0.1) is 26.0 Å². The predicted octanol–water partition coefficient (Wildman–Crippen LogP) is 9.34. The van der Waals surface area contributed by atoms with E-state index in [0.29, 0.717) is 23.1 Å². The van der Waals surface area contributed by atoms with E-state index >= 15 is 0 Å². The van der Waals surface area contributed by atoms with Gasteiger partial charge in [-0.25, -0.2) is 9.67 Å². The molecule has 3 aromatic heterocycles. The van der Waals surface area contributed by atoms with E-state index in [2.05, 4.69) is 104 Å². The van der Waals surface area contributed by atoms with E-state index in [9.17, 15) is 0 Å². The van der Waals surface area contributed by atoms with Crippen LogP contribution in [-0.2, 0) is 25.8 Å². The Morgan fingerprint density at radius 1 is 0.783 bits per heavy atom. The third-order valence-corrected chi connectivity index (χ3v) is 8.14. The molecule has 0 fully saturated rings. The van der Waals surface area contributed by atoms with E-state index < -0.39 is 0 Å². The predicted molar refractivity (Wildman–Crippen MR) is 180 cm³/mol. The second-order valence-electron chi connectivity index (χ2n) is 12.3. The van der Waals surface area contributed by atoms with Crippen LogP contribution in [-0.4, -0.2) is 26.4 Å². The Morgan fingerprint density at radius 2 is 1.54 bits per heavy atom. The van der Waals surface area contributed by atoms with Gasteiger partial charge in [0, 0.05) is 23.2 Å². The number of rotatable bonds is 6. The molecular weight excluding hydrogens is 663 g/mol. The molecule has 0 saturated carbocycles. The second-order valence-corrected chi connectivity index (χ2v) is 12.3. The molecule has 0 saturated heterocycles. The minimum absolute atomic E-state index is 0. The summed E-state index contributed by atoms with van der Waals surface area (Å²) < 4.78 is 16.2. The van der Waals surface area contributed by atoms with E-state index in [1.54, 1.807) is 11.8 Å². The van der Waals surface area contributed by atoms with Crippen LogP contribution >= 0.6 is 0 Å². The molecule has 3 heterocycles. The van der Waals surface area contributed by atoms with Crippen LogP contribution in [0.3, 0.4) is 0 Å². The summed E-state index contributed by atoms with van der Waals surface area (Å²) in [7, 11) is 1.67. The van der Waals surface area contributed by atoms with Gasteiger partial charge in [-0.05, 0) is 65.2 Å². The summed E-state index contributed by atoms with van der Waals surface area (Å²) in [4.78, 5) is 4.68. The third kappa shape index (κ3) is 5.62. The van der Waals surface area contributed by atoms with Gasteiger partial charge < -0.3 is 14.0 Å². The van der Waals surface area contributed by atoms with Crippen molar-refractivity contribution in [3.63, 3.8) is 0 Å². The summed E-state index contributed by atoms with van der Waals surface area (Å²) in [5.41, 5.74) is 8.04. The van der Waals surface area contributed by atoms with Gasteiger partial charge >= 0.3 is 20.4 Å². The Labute approximate surface area is 283 Å². The molecule has 0 radical (unpaired) electrons. The van der Waals surface area contributed by atoms with E-state index in [4.69, 9.17) is 14.6 Å². The van der Waals surface area contributed by atoms with Crippen LogP contribution in [0.1, 0.15) is 37.6 Å². The van der Waals surface area contributed by atoms with Crippen molar-refractivity contribution in [3.8, 4) is 40.0 Å². The summed E-state index contributed by atoms with van der Waals surface area (Å²) in [6.45, 7) is 10.7. The average molecular weight is 697 g/mol. The van der Waals surface area contributed by atoms with Crippen molar-refractivity contribution < 1.29 is 29.9 Å². The van der Waals surface area contributed by atoms with Crippen LogP contribution in [0.4, 0.5) is 0 Å². The van der Waals surface area contributed by atoms with Gasteiger partial charge in [-0.1, -0.05) is 68.8 Å². The van der Waals surface area contributed by atoms with Crippen molar-refractivity contribution in [2.24, 2.45) is 0 Å². The van der Waals surface area contributed by atoms with Crippen molar-refractivity contribution in [2.45, 2.75) is 40.0 Å². The summed E-state index contributed by atoms with van der Waals surface area (Å²) in [6, 6.07) is 37.7. The van der Waals surface area contributed by atoms with Gasteiger partial charge in [0.25, 0.3) is 0 Å². The number of ether oxygens (including phenoxy) is 2. The summed E-state index contributed by atoms with van der Waals surface area (Å²) in [5.74, 6) is 2.61. The van der Waals surface area contributed by atoms with Crippen LogP contribution in [0.15, 0.2) is 97.2 Å². The van der Waals surface area contributed by atoms with Gasteiger partial charge in [0.15, 0.2) is 0 Å². The molecule has 0 atom stereocenters. The number of para-hydroxylation sites is 1. The molecule has 0 aliphatic heterocycles. The molecular formula is C39H34N4O2Pd. The third-order valence-electron chi connectivity index (χ3n) is 8.14. The number of methoxy groups -OCH3 is 1. The minimum Gasteiger partial charge on any atom is -0.509 e. The largest absolute Gasteiger partial charge is 2.00 e. The van der Waals surface area contributed by atoms with E-state index in [1.807, 2.05) is 49.5 Å². The van der Waals surface area contributed by atoms with Crippen molar-refractivity contribution in [2.75, 3.05) is 7.11 Å². The number of aromatic nitrogens is 4. The Hall–Kier alpha value is -4.70. The first-order valence-electron chi connectivity index (χ1n) is 15.0. The SMILES string of the molecule is COc1c(-c2ccc(C(C)(C)C)cc2)c(C)nn1-c1[c-]c(Oc2[c-]c3c(cc2)c2ccccc2n3-c2cc(C)ccn2)ccc1.[Pd+2]. The number of benzene rings is 4. The molecule has 46 heavy (non-hydrogen) atoms. The van der Waals surface area contributed by atoms with Crippen molar-refractivity contribution in [1.82, 2.24) is 19.3 Å². The zero-order valence-corrected chi connectivity index (χ0v) is 28.2. The number of nitrogens with zero attached hydrogens (tertiary/aromatic N) is 4. The number of pyridine rings is 1. The summed E-state index contributed by atoms with van der Waals surface area (Å²) in [6.07, 6.45) is 1.84. The fourth-order valence-corrected chi connectivity index (χ4v) is 5.88. The fraction of sp³-hybridized carbons (Fsp3) is 0.179. The number of hydrogen-bond acceptors (Lipinski definition) is 4. The summed E-state index contributed by atoms with van der Waals surface area (Å²) in [5, 5.41) is 7.07. The molecule has 0 spiro atoms. The Balaban J connectivity index is 0.00000372. The molecule has 0 aliphatic rings. The zero-order valence-electron chi connectivity index (χ0n) is 26.7. The molecule has 4 aromatic carbocycles. The maximum atomic E-state index is 6.37. The number of aryl methyl sites for hydroxylation is 2. The molecule has 7 aromatic rings. The monoisotopic (exact) mass is 696 g/mol. The molecule has 0 unspecified atom stereocenters. The molecule has 0 N–H and O–H groups in total. The van der Waals surface area contributed by atoms with Gasteiger partial charge in [0.1, 0.15) is 5.82 Å². The molecule has 0 bridgehead atoms. The molecule has 0 aliphatic carbocycles. The van der Waals surface area contributed by atoms with Gasteiger partial charge in [-0.2, -0.15) is 17.2 Å². The maximum absolute atomic E-state index is 6.37. The van der Waals surface area contributed by atoms with Crippen molar-refractivity contribution in [1.29, 1.82) is 0 Å². The standard InChI is InChI=1S/C39H34N4O2.Pd/c1-25-20-21-40-36(22-25)42-34-13-8-7-12-32(34)33-19-18-31(24-35(33)42)45-30-11-9-10-29(23-30)43-38(44-6)37(26(2)41-43)27-14-16-28(17-15-27)39(3,4)5;/h7-22H,1-6H3;/q-2;+2. The van der Waals surface area contributed by atoms with Gasteiger partial charge in [-0.15, -0.1) is 35.7 Å². The maximum Gasteiger partial charge on any atom is 2.00 e. The van der Waals surface area contributed by atoms with Crippen molar-refractivity contribution in [3.05, 3.63) is 126 Å². The van der Waals surface area contributed by atoms with Crippen LogP contribution < -0.4 is 9.47 Å². The Bertz CT molecular complexity index is 2190. The van der Waals surface area contributed by atoms with Gasteiger partial charge in [-0.3, -0.25) is 0 Å². The first kappa shape index (κ1) is 31.3. The second kappa shape index (κ2) is 12.2. The topological polar surface area (TPSA) is 54.1 Å². The minimum atomic E-state index is 0. The van der Waals surface area contributed by atoms with E-state index in [1.165, 1.54) is 5.56 Å². The van der Waals surface area contributed by atoms with Gasteiger partial charge in [0.2, 0.25) is 5.88 Å². The molecule has 0 amide bonds. The first-order chi connectivity index (χ1) is 21.7. The van der Waals surface area contributed by atoms with Gasteiger partial charge in [0.05, 0.1) is 18.4 Å². The van der Waals surface area contributed by atoms with Crippen LogP contribution in [0.2, 0.25) is 0 Å². The molecule has 7 heteroatoms. The smallest absolute Gasteiger partial charge is 0.509 e. The first-order valence-corrected chi connectivity index (χ1v) is 15.0. The van der Waals surface area contributed by atoms with E-state index in [-0.39, 0.29) is 25.8 Å². The Kier molecular flexibility index (Phi) is 8.33. The number of fused-ring (bicyclic) bond motifs is 3. The van der Waals surface area contributed by atoms with Crippen LogP contribution in [0.5, 0.6) is 17.4 Å².